The number of hydrogen-bond donors (Lipinski definition) is 0. The Labute approximate surface area is 143 Å². The van der Waals surface area contributed by atoms with E-state index in [0.717, 1.165) is 24.3 Å². The van der Waals surface area contributed by atoms with Crippen molar-refractivity contribution >= 4 is 44.6 Å². The van der Waals surface area contributed by atoms with Gasteiger partial charge < -0.3 is 14.0 Å². The number of rotatable bonds is 5. The van der Waals surface area contributed by atoms with E-state index in [4.69, 9.17) is 4.74 Å². The summed E-state index contributed by atoms with van der Waals surface area (Å²) in [6.07, 6.45) is 0. The summed E-state index contributed by atoms with van der Waals surface area (Å²) < 4.78 is 65.1. The lowest BCUT2D eigenvalue weighted by Crippen LogP contribution is -2.40. The molecule has 0 saturated carbocycles. The van der Waals surface area contributed by atoms with Crippen LogP contribution in [0.1, 0.15) is 13.8 Å². The molecule has 0 aliphatic carbocycles. The van der Waals surface area contributed by atoms with E-state index in [1.54, 1.807) is 13.8 Å². The topological polar surface area (TPSA) is 110 Å². The highest BCUT2D eigenvalue weighted by Gasteiger charge is 2.48. The van der Waals surface area contributed by atoms with Gasteiger partial charge in [0, 0.05) is 0 Å². The van der Waals surface area contributed by atoms with Crippen LogP contribution < -0.4 is 9.47 Å². The van der Waals surface area contributed by atoms with Crippen molar-refractivity contribution in [1.82, 2.24) is 0 Å². The molecule has 128 valence electrons. The normalized spacial score (nSPS) is 12.6. The molecule has 0 unspecified atom stereocenters. The van der Waals surface area contributed by atoms with E-state index in [0.29, 0.717) is 0 Å². The minimum Gasteiger partial charge on any atom is -0.743 e. The number of halogens is 3. The van der Waals surface area contributed by atoms with Gasteiger partial charge in [0.25, 0.3) is 0 Å². The SMILES string of the molecule is CC(C)(I)C(=O)Oc1ccc(OC(=O)C(F)(F)S(=O)(=O)[O-])cc1. The smallest absolute Gasteiger partial charge is 0.429 e. The lowest BCUT2D eigenvalue weighted by Gasteiger charge is -2.18. The zero-order valence-electron chi connectivity index (χ0n) is 11.7. The fourth-order valence-electron chi connectivity index (χ4n) is 1.07. The fraction of sp³-hybridized carbons (Fsp3) is 0.333. The van der Waals surface area contributed by atoms with Crippen LogP contribution in [-0.4, -0.2) is 33.6 Å². The minimum absolute atomic E-state index is 0.0581. The van der Waals surface area contributed by atoms with Crippen LogP contribution in [0, 0.1) is 0 Å². The molecule has 0 saturated heterocycles. The number of ether oxygens (including phenoxy) is 2. The maximum absolute atomic E-state index is 12.9. The van der Waals surface area contributed by atoms with E-state index < -0.39 is 36.5 Å². The molecule has 0 N–H and O–H groups in total. The molecule has 11 heteroatoms. The standard InChI is InChI=1S/C12H11F2IO7S/c1-11(2,15)9(16)21-7-3-5-8(6-4-7)22-10(17)12(13,14)23(18,19)20/h3-6H,1-2H3,(H,18,19,20)/p-1. The molecule has 0 aromatic heterocycles. The first kappa shape index (κ1) is 19.7. The molecule has 0 aliphatic heterocycles. The molecule has 0 spiro atoms. The van der Waals surface area contributed by atoms with Gasteiger partial charge in [0.15, 0.2) is 10.1 Å². The van der Waals surface area contributed by atoms with Crippen LogP contribution in [-0.2, 0) is 19.7 Å². The van der Waals surface area contributed by atoms with E-state index in [1.165, 1.54) is 0 Å². The van der Waals surface area contributed by atoms with E-state index in [1.807, 2.05) is 22.6 Å². The fourth-order valence-corrected chi connectivity index (χ4v) is 1.43. The van der Waals surface area contributed by atoms with Crippen molar-refractivity contribution in [3.63, 3.8) is 0 Å². The molecule has 0 aliphatic rings. The third-order valence-corrected chi connectivity index (χ3v) is 3.52. The Morgan fingerprint density at radius 3 is 1.70 bits per heavy atom. The monoisotopic (exact) mass is 463 g/mol. The van der Waals surface area contributed by atoms with E-state index in [2.05, 4.69) is 4.74 Å². The molecule has 0 amide bonds. The van der Waals surface area contributed by atoms with Crippen molar-refractivity contribution in [2.45, 2.75) is 22.5 Å². The van der Waals surface area contributed by atoms with Crippen LogP contribution in [0.3, 0.4) is 0 Å². The zero-order valence-corrected chi connectivity index (χ0v) is 14.7. The third kappa shape index (κ3) is 5.07. The van der Waals surface area contributed by atoms with Gasteiger partial charge in [0.1, 0.15) is 14.9 Å². The molecule has 7 nitrogen and oxygen atoms in total. The second-order valence-electron chi connectivity index (χ2n) is 4.69. The molecule has 0 fully saturated rings. The lowest BCUT2D eigenvalue weighted by molar-refractivity contribution is -0.151. The number of alkyl halides is 3. The summed E-state index contributed by atoms with van der Waals surface area (Å²) in [5, 5.41) is -5.20. The van der Waals surface area contributed by atoms with Gasteiger partial charge in [-0.3, -0.25) is 4.79 Å². The predicted molar refractivity (Wildman–Crippen MR) is 80.5 cm³/mol. The third-order valence-electron chi connectivity index (χ3n) is 2.28. The second kappa shape index (κ2) is 6.65. The average Bonchev–Trinajstić information content (AvgIpc) is 2.38. The molecule has 1 rings (SSSR count). The number of esters is 2. The van der Waals surface area contributed by atoms with Gasteiger partial charge in [-0.05, 0) is 38.1 Å². The molecule has 1 aromatic carbocycles. The highest BCUT2D eigenvalue weighted by Crippen LogP contribution is 2.26. The summed E-state index contributed by atoms with van der Waals surface area (Å²) in [5.74, 6) is -3.48. The van der Waals surface area contributed by atoms with Crippen molar-refractivity contribution in [2.75, 3.05) is 0 Å². The molecule has 0 atom stereocenters. The summed E-state index contributed by atoms with van der Waals surface area (Å²) in [6, 6.07) is 4.28. The van der Waals surface area contributed by atoms with E-state index >= 15 is 0 Å². The zero-order chi connectivity index (χ0) is 18.1. The minimum atomic E-state index is -6.19. The Bertz CT molecular complexity index is 708. The van der Waals surface area contributed by atoms with Crippen LogP contribution in [0.25, 0.3) is 0 Å². The Morgan fingerprint density at radius 2 is 1.39 bits per heavy atom. The summed E-state index contributed by atoms with van der Waals surface area (Å²) >= 11 is 1.85. The van der Waals surface area contributed by atoms with Gasteiger partial charge in [-0.2, -0.15) is 8.78 Å². The molecular formula is C12H10F2IO7S-. The van der Waals surface area contributed by atoms with E-state index in [9.17, 15) is 31.3 Å². The van der Waals surface area contributed by atoms with Gasteiger partial charge in [-0.1, -0.05) is 22.6 Å². The molecule has 0 heterocycles. The van der Waals surface area contributed by atoms with Crippen molar-refractivity contribution < 1.29 is 40.8 Å². The number of benzene rings is 1. The first-order valence-corrected chi connectivity index (χ1v) is 8.30. The summed E-state index contributed by atoms with van der Waals surface area (Å²) in [5.41, 5.74) is 0. The maximum atomic E-state index is 12.9. The van der Waals surface area contributed by atoms with Crippen molar-refractivity contribution in [2.24, 2.45) is 0 Å². The van der Waals surface area contributed by atoms with Crippen LogP contribution in [0.2, 0.25) is 0 Å². The van der Waals surface area contributed by atoms with Crippen LogP contribution >= 0.6 is 22.6 Å². The van der Waals surface area contributed by atoms with Gasteiger partial charge in [-0.15, -0.1) is 0 Å². The highest BCUT2D eigenvalue weighted by molar-refractivity contribution is 14.1. The van der Waals surface area contributed by atoms with Gasteiger partial charge >= 0.3 is 17.2 Å². The number of hydrogen-bond acceptors (Lipinski definition) is 7. The first-order valence-electron chi connectivity index (χ1n) is 5.82. The average molecular weight is 463 g/mol. The quantitative estimate of drug-likeness (QED) is 0.216. The van der Waals surface area contributed by atoms with Gasteiger partial charge in [0.2, 0.25) is 0 Å². The second-order valence-corrected chi connectivity index (χ2v) is 8.81. The molecule has 23 heavy (non-hydrogen) atoms. The van der Waals surface area contributed by atoms with Gasteiger partial charge in [0.05, 0.1) is 0 Å². The molecule has 0 radical (unpaired) electrons. The van der Waals surface area contributed by atoms with Crippen LogP contribution in [0.4, 0.5) is 8.78 Å². The summed E-state index contributed by atoms with van der Waals surface area (Å²) in [4.78, 5) is 22.7. The van der Waals surface area contributed by atoms with Crippen molar-refractivity contribution in [3.8, 4) is 11.5 Å². The van der Waals surface area contributed by atoms with E-state index in [-0.39, 0.29) is 5.75 Å². The largest absolute Gasteiger partial charge is 0.743 e. The molecular weight excluding hydrogens is 453 g/mol. The number of carbonyl (C=O) groups is 2. The summed E-state index contributed by atoms with van der Waals surface area (Å²) in [6.45, 7) is 3.22. The lowest BCUT2D eigenvalue weighted by atomic mass is 10.2. The summed E-state index contributed by atoms with van der Waals surface area (Å²) in [7, 11) is -6.19. The molecule has 1 aromatic rings. The maximum Gasteiger partial charge on any atom is 0.429 e. The Hall–Kier alpha value is -1.34. The number of carbonyl (C=O) groups excluding carboxylic acids is 2. The Kier molecular flexibility index (Phi) is 5.70. The Morgan fingerprint density at radius 1 is 1.04 bits per heavy atom. The van der Waals surface area contributed by atoms with Crippen LogP contribution in [0.5, 0.6) is 11.5 Å². The van der Waals surface area contributed by atoms with Crippen molar-refractivity contribution in [3.05, 3.63) is 24.3 Å². The first-order chi connectivity index (χ1) is 10.2. The van der Waals surface area contributed by atoms with Crippen molar-refractivity contribution in [1.29, 1.82) is 0 Å². The predicted octanol–water partition coefficient (Wildman–Crippen LogP) is 1.85. The molecule has 0 bridgehead atoms. The van der Waals surface area contributed by atoms with Crippen LogP contribution in [0.15, 0.2) is 24.3 Å². The highest BCUT2D eigenvalue weighted by atomic mass is 127. The Balaban J connectivity index is 2.83. The van der Waals surface area contributed by atoms with Gasteiger partial charge in [-0.25, -0.2) is 13.2 Å².